The maximum atomic E-state index is 11.0. The van der Waals surface area contributed by atoms with Crippen LogP contribution in [0.5, 0.6) is 0 Å². The molecule has 0 aliphatic rings. The third-order valence-corrected chi connectivity index (χ3v) is 4.41. The van der Waals surface area contributed by atoms with Crippen molar-refractivity contribution in [2.45, 2.75) is 20.3 Å². The summed E-state index contributed by atoms with van der Waals surface area (Å²) in [6.45, 7) is 5.54. The van der Waals surface area contributed by atoms with Crippen LogP contribution in [0.1, 0.15) is 24.5 Å². The molecular formula is C20H22N6O2S. The minimum Gasteiger partial charge on any atom is -0.371 e. The molecule has 2 aromatic carbocycles. The molecule has 0 amide bonds. The van der Waals surface area contributed by atoms with E-state index in [1.165, 1.54) is 6.07 Å². The van der Waals surface area contributed by atoms with Crippen LogP contribution in [0.2, 0.25) is 0 Å². The van der Waals surface area contributed by atoms with Gasteiger partial charge in [0.05, 0.1) is 23.6 Å². The highest BCUT2D eigenvalue weighted by Crippen LogP contribution is 2.23. The lowest BCUT2D eigenvalue weighted by Crippen LogP contribution is -2.24. The van der Waals surface area contributed by atoms with Crippen LogP contribution in [-0.4, -0.2) is 29.3 Å². The molecule has 0 saturated carbocycles. The van der Waals surface area contributed by atoms with Gasteiger partial charge in [0.2, 0.25) is 0 Å². The van der Waals surface area contributed by atoms with E-state index < -0.39 is 4.92 Å². The van der Waals surface area contributed by atoms with E-state index in [2.05, 4.69) is 33.7 Å². The summed E-state index contributed by atoms with van der Waals surface area (Å²) < 4.78 is 0. The molecule has 2 rings (SSSR count). The minimum absolute atomic E-state index is 0.0658. The van der Waals surface area contributed by atoms with Gasteiger partial charge < -0.3 is 10.2 Å². The average molecular weight is 411 g/mol. The number of aryl methyl sites for hydroxylation is 1. The Bertz CT molecular complexity index is 954. The van der Waals surface area contributed by atoms with Crippen molar-refractivity contribution in [2.24, 2.45) is 5.10 Å². The number of nitro groups is 1. The van der Waals surface area contributed by atoms with Crippen LogP contribution in [0.4, 0.5) is 17.1 Å². The Morgan fingerprint density at radius 3 is 2.79 bits per heavy atom. The summed E-state index contributed by atoms with van der Waals surface area (Å²) in [4.78, 5) is 12.7. The third kappa shape index (κ3) is 6.26. The summed E-state index contributed by atoms with van der Waals surface area (Å²) in [6.07, 6.45) is 2.11. The van der Waals surface area contributed by atoms with Crippen molar-refractivity contribution in [1.82, 2.24) is 5.43 Å². The molecule has 0 heterocycles. The van der Waals surface area contributed by atoms with E-state index in [1.54, 1.807) is 24.4 Å². The highest BCUT2D eigenvalue weighted by atomic mass is 32.1. The number of benzene rings is 2. The fourth-order valence-electron chi connectivity index (χ4n) is 2.71. The van der Waals surface area contributed by atoms with Gasteiger partial charge in [-0.15, -0.1) is 0 Å². The van der Waals surface area contributed by atoms with Crippen molar-refractivity contribution in [3.05, 3.63) is 63.7 Å². The Balaban J connectivity index is 2.01. The SMILES string of the molecule is CCN(CCC#N)c1ccc(/C=N\NC(=S)Nc2ccccc2[N+](=O)[O-])c(C)c1. The smallest absolute Gasteiger partial charge is 0.292 e. The van der Waals surface area contributed by atoms with Gasteiger partial charge >= 0.3 is 0 Å². The number of hydrogen-bond acceptors (Lipinski definition) is 6. The molecule has 2 N–H and O–H groups in total. The zero-order valence-corrected chi connectivity index (χ0v) is 17.1. The molecule has 2 aromatic rings. The van der Waals surface area contributed by atoms with Gasteiger partial charge in [0.25, 0.3) is 5.69 Å². The molecule has 0 atom stereocenters. The van der Waals surface area contributed by atoms with Crippen molar-refractivity contribution >= 4 is 40.6 Å². The van der Waals surface area contributed by atoms with Crippen molar-refractivity contribution in [2.75, 3.05) is 23.3 Å². The van der Waals surface area contributed by atoms with Gasteiger partial charge in [-0.2, -0.15) is 10.4 Å². The largest absolute Gasteiger partial charge is 0.371 e. The lowest BCUT2D eigenvalue weighted by atomic mass is 10.1. The Morgan fingerprint density at radius 1 is 1.38 bits per heavy atom. The van der Waals surface area contributed by atoms with E-state index >= 15 is 0 Å². The Labute approximate surface area is 175 Å². The van der Waals surface area contributed by atoms with Gasteiger partial charge in [-0.1, -0.05) is 18.2 Å². The molecule has 150 valence electrons. The number of anilines is 2. The Kier molecular flexibility index (Phi) is 8.06. The first-order chi connectivity index (χ1) is 14.0. The van der Waals surface area contributed by atoms with Crippen molar-refractivity contribution < 1.29 is 4.92 Å². The number of thiocarbonyl (C=S) groups is 1. The van der Waals surface area contributed by atoms with E-state index in [4.69, 9.17) is 17.5 Å². The lowest BCUT2D eigenvalue weighted by molar-refractivity contribution is -0.383. The summed E-state index contributed by atoms with van der Waals surface area (Å²) >= 11 is 5.15. The molecule has 0 spiro atoms. The predicted molar refractivity (Wildman–Crippen MR) is 119 cm³/mol. The van der Waals surface area contributed by atoms with Gasteiger partial charge in [-0.3, -0.25) is 15.5 Å². The molecule has 29 heavy (non-hydrogen) atoms. The molecule has 0 aromatic heterocycles. The van der Waals surface area contributed by atoms with Crippen molar-refractivity contribution in [1.29, 1.82) is 5.26 Å². The fourth-order valence-corrected chi connectivity index (χ4v) is 2.87. The van der Waals surface area contributed by atoms with E-state index in [1.807, 2.05) is 25.1 Å². The van der Waals surface area contributed by atoms with E-state index in [0.717, 1.165) is 23.4 Å². The first kappa shape index (κ1) is 21.8. The maximum absolute atomic E-state index is 11.0. The van der Waals surface area contributed by atoms with Gasteiger partial charge in [-0.05, 0) is 55.4 Å². The Hall–Kier alpha value is -3.51. The van der Waals surface area contributed by atoms with Crippen LogP contribution in [0, 0.1) is 28.4 Å². The monoisotopic (exact) mass is 410 g/mol. The third-order valence-electron chi connectivity index (χ3n) is 4.21. The summed E-state index contributed by atoms with van der Waals surface area (Å²) in [7, 11) is 0. The van der Waals surface area contributed by atoms with Crippen LogP contribution in [0.3, 0.4) is 0 Å². The van der Waals surface area contributed by atoms with Crippen LogP contribution in [0.15, 0.2) is 47.6 Å². The summed E-state index contributed by atoms with van der Waals surface area (Å²) in [5, 5.41) is 26.9. The van der Waals surface area contributed by atoms with Crippen LogP contribution in [0.25, 0.3) is 0 Å². The van der Waals surface area contributed by atoms with Crippen LogP contribution >= 0.6 is 12.2 Å². The highest BCUT2D eigenvalue weighted by Gasteiger charge is 2.12. The number of rotatable bonds is 8. The number of hydrogen-bond donors (Lipinski definition) is 2. The molecule has 0 saturated heterocycles. The van der Waals surface area contributed by atoms with Gasteiger partial charge in [0.1, 0.15) is 5.69 Å². The maximum Gasteiger partial charge on any atom is 0.292 e. The second-order valence-corrected chi connectivity index (χ2v) is 6.54. The van der Waals surface area contributed by atoms with E-state index in [9.17, 15) is 10.1 Å². The standard InChI is InChI=1S/C20H22N6O2S/c1-3-25(12-6-11-21)17-10-9-16(15(2)13-17)14-22-24-20(29)23-18-7-4-5-8-19(18)26(27)28/h4-5,7-10,13-14H,3,6,12H2,1-2H3,(H2,23,24,29)/b22-14-. The number of hydrazone groups is 1. The number of para-hydroxylation sites is 2. The second kappa shape index (κ2) is 10.7. The summed E-state index contributed by atoms with van der Waals surface area (Å²) in [5.41, 5.74) is 5.89. The summed E-state index contributed by atoms with van der Waals surface area (Å²) in [5.74, 6) is 0. The molecule has 0 aliphatic carbocycles. The molecule has 0 bridgehead atoms. The zero-order valence-electron chi connectivity index (χ0n) is 16.3. The topological polar surface area (TPSA) is 107 Å². The first-order valence-electron chi connectivity index (χ1n) is 9.02. The number of nitriles is 1. The molecule has 0 unspecified atom stereocenters. The van der Waals surface area contributed by atoms with E-state index in [0.29, 0.717) is 18.7 Å². The quantitative estimate of drug-likeness (QED) is 0.293. The average Bonchev–Trinajstić information content (AvgIpc) is 2.70. The minimum atomic E-state index is -0.477. The first-order valence-corrected chi connectivity index (χ1v) is 9.43. The molecule has 9 heteroatoms. The second-order valence-electron chi connectivity index (χ2n) is 6.13. The van der Waals surface area contributed by atoms with Crippen molar-refractivity contribution in [3.8, 4) is 6.07 Å². The van der Waals surface area contributed by atoms with E-state index in [-0.39, 0.29) is 10.8 Å². The normalized spacial score (nSPS) is 10.4. The van der Waals surface area contributed by atoms with Crippen LogP contribution < -0.4 is 15.6 Å². The molecule has 8 nitrogen and oxygen atoms in total. The molecule has 0 fully saturated rings. The van der Waals surface area contributed by atoms with Gasteiger partial charge in [0.15, 0.2) is 5.11 Å². The highest BCUT2D eigenvalue weighted by molar-refractivity contribution is 7.80. The fraction of sp³-hybridized carbons (Fsp3) is 0.250. The molecule has 0 radical (unpaired) electrons. The number of nitrogens with one attached hydrogen (secondary N) is 2. The lowest BCUT2D eigenvalue weighted by Gasteiger charge is -2.22. The molecule has 0 aliphatic heterocycles. The summed E-state index contributed by atoms with van der Waals surface area (Å²) in [6, 6.07) is 14.4. The van der Waals surface area contributed by atoms with Crippen molar-refractivity contribution in [3.63, 3.8) is 0 Å². The predicted octanol–water partition coefficient (Wildman–Crippen LogP) is 3.96. The van der Waals surface area contributed by atoms with Crippen LogP contribution in [-0.2, 0) is 0 Å². The number of nitrogens with zero attached hydrogens (tertiary/aromatic N) is 4. The number of nitro benzene ring substituents is 1. The zero-order chi connectivity index (χ0) is 21.2. The molecular weight excluding hydrogens is 388 g/mol. The van der Waals surface area contributed by atoms with Gasteiger partial charge in [0, 0.05) is 24.8 Å². The van der Waals surface area contributed by atoms with Gasteiger partial charge in [-0.25, -0.2) is 0 Å². The Morgan fingerprint density at radius 2 is 2.14 bits per heavy atom.